The Morgan fingerprint density at radius 2 is 1.67 bits per heavy atom. The van der Waals surface area contributed by atoms with Gasteiger partial charge >= 0.3 is 29.6 Å². The summed E-state index contributed by atoms with van der Waals surface area (Å²) in [6.07, 6.45) is 6.81. The van der Waals surface area contributed by atoms with Crippen LogP contribution in [-0.4, -0.2) is 18.7 Å². The van der Waals surface area contributed by atoms with Crippen LogP contribution >= 0.6 is 12.0 Å². The molecule has 0 spiro atoms. The summed E-state index contributed by atoms with van der Waals surface area (Å²) in [6.45, 7) is 2.16. The van der Waals surface area contributed by atoms with Gasteiger partial charge in [-0.05, 0) is 6.42 Å². The van der Waals surface area contributed by atoms with E-state index in [0.29, 0.717) is 5.75 Å². The molecule has 0 aromatic rings. The average Bonchev–Trinajstić information content (AvgIpc) is 2.08. The van der Waals surface area contributed by atoms with Crippen molar-refractivity contribution in [1.82, 2.24) is 0 Å². The zero-order valence-corrected chi connectivity index (χ0v) is 13.0. The maximum absolute atomic E-state index is 10.0. The molecule has 0 unspecified atom stereocenters. The molecule has 0 saturated carbocycles. The Kier molecular flexibility index (Phi) is 14.5. The quantitative estimate of drug-likeness (QED) is 0.184. The Morgan fingerprint density at radius 3 is 2.20 bits per heavy atom. The molecule has 0 rings (SSSR count). The van der Waals surface area contributed by atoms with E-state index in [9.17, 15) is 13.0 Å². The monoisotopic (exact) mass is 264 g/mol. The summed E-state index contributed by atoms with van der Waals surface area (Å²) in [5, 5.41) is 0. The van der Waals surface area contributed by atoms with E-state index < -0.39 is 10.4 Å². The van der Waals surface area contributed by atoms with Gasteiger partial charge in [0.05, 0.1) is 0 Å². The molecule has 0 radical (unpaired) electrons. The first-order valence-electron chi connectivity index (χ1n) is 4.83. The van der Waals surface area contributed by atoms with Gasteiger partial charge in [0.1, 0.15) is 0 Å². The molecule has 0 amide bonds. The summed E-state index contributed by atoms with van der Waals surface area (Å²) in [5.41, 5.74) is 0. The first-order chi connectivity index (χ1) is 6.56. The molecule has 0 heterocycles. The van der Waals surface area contributed by atoms with Crippen LogP contribution in [0.5, 0.6) is 0 Å². The first kappa shape index (κ1) is 18.6. The molecule has 0 saturated heterocycles. The smallest absolute Gasteiger partial charge is 0.725 e. The van der Waals surface area contributed by atoms with E-state index in [1.807, 2.05) is 0 Å². The van der Waals surface area contributed by atoms with Crippen LogP contribution in [0.3, 0.4) is 0 Å². The minimum atomic E-state index is -4.51. The van der Waals surface area contributed by atoms with Crippen molar-refractivity contribution in [3.05, 3.63) is 0 Å². The van der Waals surface area contributed by atoms with Gasteiger partial charge in [0, 0.05) is 17.8 Å². The van der Waals surface area contributed by atoms with Gasteiger partial charge in [-0.15, -0.1) is 0 Å². The molecule has 0 atom stereocenters. The first-order valence-corrected chi connectivity index (χ1v) is 7.07. The molecule has 86 valence electrons. The normalized spacial score (nSPS) is 11.1. The fraction of sp³-hybridized carbons (Fsp3) is 1.00. The summed E-state index contributed by atoms with van der Waals surface area (Å²) in [7, 11) is -4.51. The van der Waals surface area contributed by atoms with Gasteiger partial charge < -0.3 is 4.55 Å². The number of rotatable bonds is 9. The molecule has 0 fully saturated rings. The van der Waals surface area contributed by atoms with Crippen LogP contribution in [0.2, 0.25) is 0 Å². The Hall–Kier alpha value is 1.22. The average molecular weight is 264 g/mol. The summed E-state index contributed by atoms with van der Waals surface area (Å²) in [4.78, 5) is 0. The molecule has 0 aromatic carbocycles. The van der Waals surface area contributed by atoms with Crippen molar-refractivity contribution in [2.45, 2.75) is 45.4 Å². The second-order valence-electron chi connectivity index (χ2n) is 3.07. The van der Waals surface area contributed by atoms with Gasteiger partial charge in [-0.1, -0.05) is 39.0 Å². The van der Waals surface area contributed by atoms with Crippen LogP contribution in [0.4, 0.5) is 0 Å². The molecule has 7 heteroatoms. The fourth-order valence-corrected chi connectivity index (χ4v) is 2.10. The Bertz CT molecular complexity index is 219. The number of hydrogen-bond acceptors (Lipinski definition) is 5. The zero-order valence-electron chi connectivity index (χ0n) is 9.40. The van der Waals surface area contributed by atoms with E-state index >= 15 is 0 Å². The third-order valence-electron chi connectivity index (χ3n) is 1.71. The van der Waals surface area contributed by atoms with E-state index in [-0.39, 0.29) is 29.6 Å². The van der Waals surface area contributed by atoms with E-state index in [2.05, 4.69) is 10.6 Å². The third-order valence-corrected chi connectivity index (χ3v) is 3.22. The maximum Gasteiger partial charge on any atom is 1.00 e. The second-order valence-corrected chi connectivity index (χ2v) is 5.07. The summed E-state index contributed by atoms with van der Waals surface area (Å²) in [6, 6.07) is 0. The molecule has 0 aliphatic carbocycles. The van der Waals surface area contributed by atoms with Gasteiger partial charge in [0.2, 0.25) is 10.4 Å². The predicted octanol–water partition coefficient (Wildman–Crippen LogP) is -0.524. The van der Waals surface area contributed by atoms with Crippen LogP contribution < -0.4 is 29.6 Å². The van der Waals surface area contributed by atoms with Crippen LogP contribution in [0.25, 0.3) is 0 Å². The molecule has 0 aliphatic heterocycles. The summed E-state index contributed by atoms with van der Waals surface area (Å²) < 4.78 is 34.0. The van der Waals surface area contributed by atoms with Gasteiger partial charge in [-0.3, -0.25) is 0 Å². The third kappa shape index (κ3) is 17.8. The van der Waals surface area contributed by atoms with Crippen molar-refractivity contribution < 1.29 is 46.2 Å². The zero-order chi connectivity index (χ0) is 10.9. The van der Waals surface area contributed by atoms with E-state index in [4.69, 9.17) is 0 Å². The largest absolute Gasteiger partial charge is 1.00 e. The molecule has 0 bridgehead atoms. The summed E-state index contributed by atoms with van der Waals surface area (Å²) >= 11 is 0.724. The predicted molar refractivity (Wildman–Crippen MR) is 56.6 cm³/mol. The van der Waals surface area contributed by atoms with Gasteiger partial charge in [0.25, 0.3) is 0 Å². The minimum Gasteiger partial charge on any atom is -0.725 e. The van der Waals surface area contributed by atoms with Gasteiger partial charge in [-0.25, -0.2) is 12.0 Å². The molecule has 0 aromatic heterocycles. The molecule has 0 aliphatic rings. The van der Waals surface area contributed by atoms with E-state index in [0.717, 1.165) is 24.9 Å². The molecule has 0 N–H and O–H groups in total. The van der Waals surface area contributed by atoms with Gasteiger partial charge in [-0.2, -0.15) is 0 Å². The molecule has 15 heavy (non-hydrogen) atoms. The molecular weight excluding hydrogens is 247 g/mol. The van der Waals surface area contributed by atoms with Crippen molar-refractivity contribution in [2.24, 2.45) is 0 Å². The second kappa shape index (κ2) is 11.7. The number of hydrogen-bond donors (Lipinski definition) is 0. The Labute approximate surface area is 119 Å². The summed E-state index contributed by atoms with van der Waals surface area (Å²) in [5.74, 6) is 0.563. The number of unbranched alkanes of at least 4 members (excludes halogenated alkanes) is 5. The van der Waals surface area contributed by atoms with Crippen LogP contribution in [-0.2, 0) is 14.0 Å². The topological polar surface area (TPSA) is 66.4 Å². The van der Waals surface area contributed by atoms with E-state index in [1.54, 1.807) is 0 Å². The standard InChI is InChI=1S/C8H18O4S2.Na/c1-2-3-4-5-6-7-8-13-12-14(9,10)11;/h2-8H2,1H3,(H,9,10,11);/q;+1/p-1. The van der Waals surface area contributed by atoms with Crippen LogP contribution in [0, 0.1) is 0 Å². The van der Waals surface area contributed by atoms with Gasteiger partial charge in [0.15, 0.2) is 0 Å². The Balaban J connectivity index is 0. The van der Waals surface area contributed by atoms with Crippen molar-refractivity contribution in [3.63, 3.8) is 0 Å². The van der Waals surface area contributed by atoms with Crippen LogP contribution in [0.1, 0.15) is 45.4 Å². The molecular formula is C8H17NaO4S2. The van der Waals surface area contributed by atoms with E-state index in [1.165, 1.54) is 25.7 Å². The van der Waals surface area contributed by atoms with Crippen molar-refractivity contribution in [2.75, 3.05) is 5.75 Å². The van der Waals surface area contributed by atoms with Crippen molar-refractivity contribution in [3.8, 4) is 0 Å². The SMILES string of the molecule is CCCCCCCCSOS(=O)(=O)[O-].[Na+]. The van der Waals surface area contributed by atoms with Crippen molar-refractivity contribution >= 4 is 22.4 Å². The molecule has 4 nitrogen and oxygen atoms in total. The van der Waals surface area contributed by atoms with Crippen LogP contribution in [0.15, 0.2) is 0 Å². The minimum absolute atomic E-state index is 0. The Morgan fingerprint density at radius 1 is 1.13 bits per heavy atom. The maximum atomic E-state index is 10.0. The fourth-order valence-electron chi connectivity index (χ4n) is 1.03. The van der Waals surface area contributed by atoms with Crippen molar-refractivity contribution in [1.29, 1.82) is 0 Å².